The van der Waals surface area contributed by atoms with E-state index in [1.165, 1.54) is 0 Å². The average molecular weight is 461 g/mol. The lowest BCUT2D eigenvalue weighted by Gasteiger charge is -2.33. The lowest BCUT2D eigenvalue weighted by Crippen LogP contribution is -2.41. The molecule has 1 aliphatic heterocycles. The van der Waals surface area contributed by atoms with E-state index < -0.39 is 0 Å². The molecule has 0 aliphatic carbocycles. The fourth-order valence-electron chi connectivity index (χ4n) is 3.96. The van der Waals surface area contributed by atoms with Crippen LogP contribution in [0.25, 0.3) is 20.9 Å². The van der Waals surface area contributed by atoms with Gasteiger partial charge in [0.1, 0.15) is 4.83 Å². The standard InChI is InChI=1S/C20H18Cl2N6OS/c1-10-13-9-16(30-20(13)26(3)25-10)18-24-23-17-11(2)27(6-7-28(17)18)19(29)12-4-5-14(21)15(22)8-12/h4-5,8-9,11H,6-7H2,1-3H3/t11-/m1/s1. The van der Waals surface area contributed by atoms with E-state index in [1.54, 1.807) is 34.4 Å². The Labute approximate surface area is 186 Å². The molecule has 4 heterocycles. The second-order valence-corrected chi connectivity index (χ2v) is 9.22. The maximum Gasteiger partial charge on any atom is 0.254 e. The summed E-state index contributed by atoms with van der Waals surface area (Å²) in [6, 6.07) is 6.86. The van der Waals surface area contributed by atoms with Crippen LogP contribution in [0.2, 0.25) is 10.0 Å². The summed E-state index contributed by atoms with van der Waals surface area (Å²) in [6.07, 6.45) is 0. The highest BCUT2D eigenvalue weighted by Crippen LogP contribution is 2.36. The number of carbonyl (C=O) groups excluding carboxylic acids is 1. The zero-order valence-electron chi connectivity index (χ0n) is 16.6. The Morgan fingerprint density at radius 3 is 2.70 bits per heavy atom. The number of amides is 1. The average Bonchev–Trinajstić information content (AvgIpc) is 3.40. The number of rotatable bonds is 2. The van der Waals surface area contributed by atoms with Crippen molar-refractivity contribution in [3.63, 3.8) is 0 Å². The number of halogens is 2. The predicted octanol–water partition coefficient (Wildman–Crippen LogP) is 4.73. The van der Waals surface area contributed by atoms with E-state index in [1.807, 2.05) is 25.6 Å². The Bertz CT molecular complexity index is 1270. The van der Waals surface area contributed by atoms with Gasteiger partial charge in [-0.2, -0.15) is 5.10 Å². The molecule has 1 aliphatic rings. The molecule has 7 nitrogen and oxygen atoms in total. The third-order valence-electron chi connectivity index (χ3n) is 5.53. The first kappa shape index (κ1) is 19.5. The number of hydrogen-bond acceptors (Lipinski definition) is 5. The van der Waals surface area contributed by atoms with Gasteiger partial charge in [0.15, 0.2) is 11.6 Å². The quantitative estimate of drug-likeness (QED) is 0.433. The predicted molar refractivity (Wildman–Crippen MR) is 118 cm³/mol. The zero-order valence-corrected chi connectivity index (χ0v) is 18.9. The molecule has 1 aromatic carbocycles. The molecule has 0 saturated heterocycles. The third kappa shape index (κ3) is 2.93. The van der Waals surface area contributed by atoms with E-state index in [-0.39, 0.29) is 11.9 Å². The molecule has 30 heavy (non-hydrogen) atoms. The van der Waals surface area contributed by atoms with Crippen LogP contribution in [-0.4, -0.2) is 41.9 Å². The SMILES string of the molecule is Cc1nn(C)c2sc(-c3nnc4n3CCN(C(=O)c3ccc(Cl)c(Cl)c3)[C@@H]4C)cc12. The number of aromatic nitrogens is 5. The number of carbonyl (C=O) groups is 1. The summed E-state index contributed by atoms with van der Waals surface area (Å²) in [5.74, 6) is 1.51. The first-order valence-corrected chi connectivity index (χ1v) is 11.0. The molecule has 1 amide bonds. The van der Waals surface area contributed by atoms with Crippen molar-refractivity contribution >= 4 is 50.7 Å². The van der Waals surface area contributed by atoms with Crippen molar-refractivity contribution in [1.82, 2.24) is 29.4 Å². The molecule has 0 fully saturated rings. The number of aryl methyl sites for hydroxylation is 2. The fraction of sp³-hybridized carbons (Fsp3) is 0.300. The number of hydrogen-bond donors (Lipinski definition) is 0. The van der Waals surface area contributed by atoms with Crippen LogP contribution >= 0.6 is 34.5 Å². The third-order valence-corrected chi connectivity index (χ3v) is 7.47. The molecule has 1 atom stereocenters. The molecule has 154 valence electrons. The smallest absolute Gasteiger partial charge is 0.254 e. The second kappa shape index (κ2) is 7.08. The van der Waals surface area contributed by atoms with Gasteiger partial charge in [-0.25, -0.2) is 0 Å². The van der Waals surface area contributed by atoms with Crippen LogP contribution in [0.15, 0.2) is 24.3 Å². The first-order valence-electron chi connectivity index (χ1n) is 9.47. The summed E-state index contributed by atoms with van der Waals surface area (Å²) < 4.78 is 4.00. The summed E-state index contributed by atoms with van der Waals surface area (Å²) in [4.78, 5) is 17.0. The number of benzene rings is 1. The van der Waals surface area contributed by atoms with E-state index in [0.29, 0.717) is 28.7 Å². The van der Waals surface area contributed by atoms with Gasteiger partial charge in [0, 0.05) is 31.1 Å². The highest BCUT2D eigenvalue weighted by Gasteiger charge is 2.32. The minimum Gasteiger partial charge on any atom is -0.327 e. The molecule has 0 N–H and O–H groups in total. The molecule has 0 saturated carbocycles. The normalized spacial score (nSPS) is 16.3. The van der Waals surface area contributed by atoms with Gasteiger partial charge in [-0.05, 0) is 38.1 Å². The largest absolute Gasteiger partial charge is 0.327 e. The Hall–Kier alpha value is -2.42. The molecular formula is C20H18Cl2N6OS. The number of thiophene rings is 1. The summed E-state index contributed by atoms with van der Waals surface area (Å²) in [5, 5.41) is 15.3. The van der Waals surface area contributed by atoms with Crippen molar-refractivity contribution in [3.8, 4) is 10.7 Å². The summed E-state index contributed by atoms with van der Waals surface area (Å²) in [5.41, 5.74) is 1.51. The van der Waals surface area contributed by atoms with Gasteiger partial charge in [-0.15, -0.1) is 21.5 Å². The van der Waals surface area contributed by atoms with Crippen molar-refractivity contribution in [2.75, 3.05) is 6.54 Å². The highest BCUT2D eigenvalue weighted by molar-refractivity contribution is 7.21. The Kier molecular flexibility index (Phi) is 4.61. The lowest BCUT2D eigenvalue weighted by atomic mass is 10.1. The van der Waals surface area contributed by atoms with Gasteiger partial charge in [-0.1, -0.05) is 23.2 Å². The van der Waals surface area contributed by atoms with Gasteiger partial charge >= 0.3 is 0 Å². The lowest BCUT2D eigenvalue weighted by molar-refractivity contribution is 0.0638. The second-order valence-electron chi connectivity index (χ2n) is 7.38. The molecule has 0 unspecified atom stereocenters. The van der Waals surface area contributed by atoms with E-state index >= 15 is 0 Å². The van der Waals surface area contributed by atoms with Crippen molar-refractivity contribution in [2.45, 2.75) is 26.4 Å². The van der Waals surface area contributed by atoms with Crippen LogP contribution in [0.4, 0.5) is 0 Å². The maximum absolute atomic E-state index is 13.1. The Balaban J connectivity index is 1.48. The summed E-state index contributed by atoms with van der Waals surface area (Å²) in [6.45, 7) is 5.16. The van der Waals surface area contributed by atoms with Gasteiger partial charge in [0.05, 0.1) is 26.7 Å². The zero-order chi connectivity index (χ0) is 21.2. The molecule has 0 spiro atoms. The van der Waals surface area contributed by atoms with Crippen LogP contribution in [-0.2, 0) is 13.6 Å². The molecule has 0 radical (unpaired) electrons. The van der Waals surface area contributed by atoms with Crippen LogP contribution < -0.4 is 0 Å². The molecule has 3 aromatic heterocycles. The van der Waals surface area contributed by atoms with E-state index in [0.717, 1.165) is 32.4 Å². The van der Waals surface area contributed by atoms with Crippen LogP contribution in [0.1, 0.15) is 34.8 Å². The van der Waals surface area contributed by atoms with Crippen molar-refractivity contribution in [1.29, 1.82) is 0 Å². The van der Waals surface area contributed by atoms with Crippen molar-refractivity contribution in [2.24, 2.45) is 7.05 Å². The maximum atomic E-state index is 13.1. The topological polar surface area (TPSA) is 68.8 Å². The minimum absolute atomic E-state index is 0.0968. The van der Waals surface area contributed by atoms with E-state index in [2.05, 4.69) is 25.9 Å². The van der Waals surface area contributed by atoms with Gasteiger partial charge < -0.3 is 9.47 Å². The molecule has 5 rings (SSSR count). The molecule has 0 bridgehead atoms. The van der Waals surface area contributed by atoms with Gasteiger partial charge in [0.25, 0.3) is 5.91 Å². The van der Waals surface area contributed by atoms with Crippen LogP contribution in [0.5, 0.6) is 0 Å². The van der Waals surface area contributed by atoms with Crippen molar-refractivity contribution in [3.05, 3.63) is 51.4 Å². The molecular weight excluding hydrogens is 443 g/mol. The minimum atomic E-state index is -0.209. The monoisotopic (exact) mass is 460 g/mol. The van der Waals surface area contributed by atoms with Gasteiger partial charge in [-0.3, -0.25) is 9.48 Å². The first-order chi connectivity index (χ1) is 14.3. The number of fused-ring (bicyclic) bond motifs is 2. The summed E-state index contributed by atoms with van der Waals surface area (Å²) >= 11 is 13.7. The van der Waals surface area contributed by atoms with E-state index in [4.69, 9.17) is 23.2 Å². The van der Waals surface area contributed by atoms with E-state index in [9.17, 15) is 4.79 Å². The fourth-order valence-corrected chi connectivity index (χ4v) is 5.37. The van der Waals surface area contributed by atoms with Crippen LogP contribution in [0.3, 0.4) is 0 Å². The molecule has 10 heteroatoms. The number of nitrogens with zero attached hydrogens (tertiary/aromatic N) is 6. The highest BCUT2D eigenvalue weighted by atomic mass is 35.5. The molecule has 4 aromatic rings. The Morgan fingerprint density at radius 1 is 1.17 bits per heavy atom. The summed E-state index contributed by atoms with van der Waals surface area (Å²) in [7, 11) is 1.95. The van der Waals surface area contributed by atoms with Gasteiger partial charge in [0.2, 0.25) is 0 Å². The van der Waals surface area contributed by atoms with Crippen LogP contribution in [0, 0.1) is 6.92 Å². The van der Waals surface area contributed by atoms with Crippen molar-refractivity contribution < 1.29 is 4.79 Å². The Morgan fingerprint density at radius 2 is 1.97 bits per heavy atom.